The molecule has 1 fully saturated rings. The number of aliphatic carboxylic acids is 3. The number of fused-ring (bicyclic) bond motifs is 1. The zero-order chi connectivity index (χ0) is 73.3. The van der Waals surface area contributed by atoms with E-state index in [1.807, 2.05) is 45.9 Å². The first-order valence-corrected chi connectivity index (χ1v) is 32.9. The van der Waals surface area contributed by atoms with E-state index in [0.717, 1.165) is 17.6 Å². The van der Waals surface area contributed by atoms with Crippen LogP contribution in [0, 0.1) is 11.8 Å². The predicted octanol–water partition coefficient (Wildman–Crippen LogP) is 5.24. The number of aromatic nitrogens is 7. The Morgan fingerprint density at radius 1 is 0.861 bits per heavy atom. The van der Waals surface area contributed by atoms with Crippen LogP contribution in [0.1, 0.15) is 131 Å². The maximum Gasteiger partial charge on any atom is 0.408 e. The van der Waals surface area contributed by atoms with E-state index < -0.39 is 133 Å². The van der Waals surface area contributed by atoms with Crippen LogP contribution in [0.3, 0.4) is 0 Å². The number of hydrogen-bond acceptors (Lipinski definition) is 21. The van der Waals surface area contributed by atoms with Gasteiger partial charge in [-0.25, -0.2) is 38.6 Å². The highest BCUT2D eigenvalue weighted by Gasteiger charge is 2.52. The highest BCUT2D eigenvalue weighted by Crippen LogP contribution is 2.38. The first kappa shape index (κ1) is 77.1. The Labute approximate surface area is 581 Å². The van der Waals surface area contributed by atoms with Gasteiger partial charge in [-0.3, -0.25) is 29.0 Å². The minimum absolute atomic E-state index is 0.00766. The highest BCUT2D eigenvalue weighted by atomic mass is 16.6. The molecule has 0 saturated carbocycles. The smallest absolute Gasteiger partial charge is 0.408 e. The first-order valence-electron chi connectivity index (χ1n) is 32.9. The number of anilines is 2. The molecule has 5 amide bonds. The number of amides is 5. The molecule has 0 aliphatic carbocycles. The SMILES string of the molecule is C=C/C(C)=C\[C@H](C)C/C(C)=C/C=C/[C@@](NC(=O)OCCc1cn(-c2ccc(C(=O)NCCCC[C@H](NC(=O)CC[C@H](NC(=O)CC[C@H](NC(=O)c3ccc(NCc4cnc5nc(N)[nH]c(=O)c5n4)cc3)C(=O)O)C(=O)O)C(=O)O)cc2)nn1)([C@@H]1C[C@@H](O)[C@H](C)[C@H](/C=C/C)O1)[C@H]1CC=CC(=O)O1. The average Bonchev–Trinajstić information content (AvgIpc) is 0.962. The molecule has 0 unspecified atom stereocenters. The molecular weight excluding hydrogens is 1310 g/mol. The van der Waals surface area contributed by atoms with Gasteiger partial charge in [-0.1, -0.05) is 85.4 Å². The predicted molar refractivity (Wildman–Crippen MR) is 369 cm³/mol. The minimum Gasteiger partial charge on any atom is -0.480 e. The van der Waals surface area contributed by atoms with Gasteiger partial charge in [0.2, 0.25) is 17.8 Å². The second-order valence-corrected chi connectivity index (χ2v) is 24.7. The summed E-state index contributed by atoms with van der Waals surface area (Å²) in [5.41, 5.74) is 7.99. The number of alkyl carbamates (subject to hydrolysis) is 1. The first-order chi connectivity index (χ1) is 48.2. The molecule has 2 aromatic carbocycles. The Bertz CT molecular complexity index is 4020. The van der Waals surface area contributed by atoms with E-state index >= 15 is 0 Å². The summed E-state index contributed by atoms with van der Waals surface area (Å²) in [4.78, 5) is 142. The lowest BCUT2D eigenvalue weighted by atomic mass is 9.76. The Kier molecular flexibility index (Phi) is 28.3. The number of carboxylic acid groups (broad SMARTS) is 3. The second kappa shape index (κ2) is 37.1. The van der Waals surface area contributed by atoms with Gasteiger partial charge < -0.3 is 72.3 Å². The fourth-order valence-electron chi connectivity index (χ4n) is 11.3. The van der Waals surface area contributed by atoms with Crippen LogP contribution in [0.25, 0.3) is 16.9 Å². The van der Waals surface area contributed by atoms with Gasteiger partial charge in [-0.15, -0.1) is 5.10 Å². The van der Waals surface area contributed by atoms with Crippen LogP contribution in [0.15, 0.2) is 138 Å². The number of carbonyl (C=O) groups is 9. The van der Waals surface area contributed by atoms with E-state index in [-0.39, 0.29) is 86.3 Å². The maximum atomic E-state index is 14.0. The Hall–Kier alpha value is -11.2. The monoisotopic (exact) mass is 1390 g/mol. The summed E-state index contributed by atoms with van der Waals surface area (Å²) in [6.07, 6.45) is 14.9. The molecule has 2 aliphatic rings. The van der Waals surface area contributed by atoms with E-state index in [1.54, 1.807) is 54.8 Å². The molecule has 538 valence electrons. The van der Waals surface area contributed by atoms with Gasteiger partial charge in [0.05, 0.1) is 60.9 Å². The van der Waals surface area contributed by atoms with Gasteiger partial charge in [0, 0.05) is 67.5 Å². The van der Waals surface area contributed by atoms with Crippen molar-refractivity contribution < 1.29 is 77.8 Å². The number of carboxylic acids is 3. The molecule has 5 aromatic rings. The summed E-state index contributed by atoms with van der Waals surface area (Å²) in [5.74, 6) is -8.01. The standard InChI is InChI=1S/C70H86N14O17/c1-7-13-54-43(6)53(85)36-56(100-54)70(55-16-11-17-59(88)101-55,31-12-14-41(4)35-42(5)34-40(3)8-2)81-69(98)99-33-30-47-39-84(83-82-47)49-24-20-44(21-25-49)62(89)72-32-10-9-15-50(65(92)93)76-57(86)28-26-51(66(94)95)77-58(87)29-27-52(67(96)97)78-63(90)45-18-22-46(23-19-45)73-37-48-38-74-61-60(75-48)64(91)80-68(71)79-61/h7-8,11-14,17-25,31,34,38-39,42-43,50-56,73,85H,2,9-10,15-16,26-30,32-33,35-37H2,1,3-6H3,(H,72,89)(H,76,86)(H,77,87)(H,78,90)(H,81,98)(H,92,93)(H,94,95)(H,96,97)(H3,71,74,79,80,91)/b13-7+,31-12+,40-34-,41-14+/t42-,43-,50-,51-,52-,53+,54-,55+,56-,70-/m0/s1. The number of esters is 1. The van der Waals surface area contributed by atoms with Crippen molar-refractivity contribution in [3.05, 3.63) is 166 Å². The van der Waals surface area contributed by atoms with Crippen LogP contribution in [-0.2, 0) is 55.9 Å². The van der Waals surface area contributed by atoms with E-state index in [4.69, 9.17) is 19.9 Å². The number of ether oxygens (including phenoxy) is 3. The second-order valence-electron chi connectivity index (χ2n) is 24.7. The van der Waals surface area contributed by atoms with Crippen LogP contribution in [0.5, 0.6) is 0 Å². The molecule has 31 nitrogen and oxygen atoms in total. The largest absolute Gasteiger partial charge is 0.480 e. The minimum atomic E-state index is -1.61. The van der Waals surface area contributed by atoms with Crippen molar-refractivity contribution in [2.75, 3.05) is 24.2 Å². The Morgan fingerprint density at radius 2 is 1.51 bits per heavy atom. The number of nitrogens with one attached hydrogen (secondary N) is 7. The molecule has 0 spiro atoms. The zero-order valence-corrected chi connectivity index (χ0v) is 56.6. The number of hydrogen-bond donors (Lipinski definition) is 12. The van der Waals surface area contributed by atoms with Gasteiger partial charge >= 0.3 is 30.0 Å². The Balaban J connectivity index is 0.824. The van der Waals surface area contributed by atoms with Crippen molar-refractivity contribution in [2.45, 2.75) is 160 Å². The summed E-state index contributed by atoms with van der Waals surface area (Å²) in [5, 5.41) is 65.1. The number of cyclic esters (lactones) is 1. The zero-order valence-electron chi connectivity index (χ0n) is 56.6. The molecular formula is C70H86N14O17. The van der Waals surface area contributed by atoms with Crippen LogP contribution in [0.2, 0.25) is 0 Å². The molecule has 1 saturated heterocycles. The molecule has 7 rings (SSSR count). The molecule has 31 heteroatoms. The fraction of sp³-hybridized carbons (Fsp3) is 0.414. The van der Waals surface area contributed by atoms with Gasteiger partial charge in [0.15, 0.2) is 11.2 Å². The molecule has 2 aliphatic heterocycles. The molecule has 5 heterocycles. The summed E-state index contributed by atoms with van der Waals surface area (Å²) < 4.78 is 19.8. The summed E-state index contributed by atoms with van der Waals surface area (Å²) >= 11 is 0. The number of benzene rings is 2. The highest BCUT2D eigenvalue weighted by molar-refractivity contribution is 5.97. The van der Waals surface area contributed by atoms with Crippen LogP contribution in [0.4, 0.5) is 16.4 Å². The maximum absolute atomic E-state index is 14.0. The number of carbonyl (C=O) groups excluding carboxylic acids is 6. The summed E-state index contributed by atoms with van der Waals surface area (Å²) in [6.45, 7) is 13.8. The molecule has 0 bridgehead atoms. The molecule has 0 radical (unpaired) electrons. The number of nitrogens with zero attached hydrogens (tertiary/aromatic N) is 6. The number of rotatable bonds is 36. The number of H-pyrrole nitrogens is 1. The average molecular weight is 1400 g/mol. The van der Waals surface area contributed by atoms with Crippen molar-refractivity contribution in [1.29, 1.82) is 0 Å². The number of nitrogen functional groups attached to an aromatic ring is 1. The number of nitrogens with two attached hydrogens (primary N) is 1. The van der Waals surface area contributed by atoms with Crippen molar-refractivity contribution in [3.8, 4) is 5.69 Å². The number of unbranched alkanes of at least 4 members (excludes halogenated alkanes) is 1. The van der Waals surface area contributed by atoms with Crippen molar-refractivity contribution >= 4 is 76.4 Å². The number of aliphatic hydroxyl groups excluding tert-OH is 1. The van der Waals surface area contributed by atoms with Crippen molar-refractivity contribution in [3.63, 3.8) is 0 Å². The third-order valence-electron chi connectivity index (χ3n) is 16.8. The van der Waals surface area contributed by atoms with E-state index in [9.17, 15) is 68.4 Å². The Morgan fingerprint density at radius 3 is 2.17 bits per heavy atom. The van der Waals surface area contributed by atoms with Gasteiger partial charge in [0.25, 0.3) is 17.4 Å². The third-order valence-corrected chi connectivity index (χ3v) is 16.8. The van der Waals surface area contributed by atoms with E-state index in [0.29, 0.717) is 34.7 Å². The van der Waals surface area contributed by atoms with Gasteiger partial charge in [-0.05, 0) is 114 Å². The summed E-state index contributed by atoms with van der Waals surface area (Å²) in [7, 11) is 0. The van der Waals surface area contributed by atoms with E-state index in [1.165, 1.54) is 41.2 Å². The van der Waals surface area contributed by atoms with Crippen molar-refractivity contribution in [1.82, 2.24) is 61.5 Å². The normalized spacial score (nSPS) is 18.8. The summed E-state index contributed by atoms with van der Waals surface area (Å²) in [6, 6.07) is 7.80. The van der Waals surface area contributed by atoms with E-state index in [2.05, 4.69) is 81.7 Å². The number of aromatic amines is 1. The topological polar surface area (TPSA) is 463 Å². The quantitative estimate of drug-likeness (QED) is 0.0105. The molecule has 13 N–H and O–H groups in total. The third kappa shape index (κ3) is 22.9. The van der Waals surface area contributed by atoms with Crippen molar-refractivity contribution in [2.24, 2.45) is 11.8 Å². The lowest BCUT2D eigenvalue weighted by Gasteiger charge is -2.48. The number of allylic oxidation sites excluding steroid dienone is 7. The van der Waals surface area contributed by atoms with Crippen LogP contribution < -0.4 is 43.2 Å². The molecule has 101 heavy (non-hydrogen) atoms. The van der Waals surface area contributed by atoms with Gasteiger partial charge in [0.1, 0.15) is 29.8 Å². The van der Waals surface area contributed by atoms with Crippen LogP contribution in [-0.4, -0.2) is 170 Å². The van der Waals surface area contributed by atoms with Gasteiger partial charge in [-0.2, -0.15) is 4.98 Å². The van der Waals surface area contributed by atoms with Crippen LogP contribution >= 0.6 is 0 Å². The fourth-order valence-corrected chi connectivity index (χ4v) is 11.3. The number of aliphatic hydroxyl groups is 1. The molecule has 3 aromatic heterocycles. The lowest BCUT2D eigenvalue weighted by Crippen LogP contribution is -2.67. The lowest BCUT2D eigenvalue weighted by molar-refractivity contribution is -0.168. The molecule has 10 atom stereocenters.